The minimum atomic E-state index is -0.505. The second kappa shape index (κ2) is 5.89. The number of nitrogens with one attached hydrogen (secondary N) is 2. The van der Waals surface area contributed by atoms with E-state index in [1.807, 2.05) is 37.6 Å². The fourth-order valence-electron chi connectivity index (χ4n) is 3.60. The number of H-pyrrole nitrogens is 2. The van der Waals surface area contributed by atoms with Crippen LogP contribution in [0.2, 0.25) is 0 Å². The van der Waals surface area contributed by atoms with Crippen LogP contribution in [0.15, 0.2) is 23.3 Å². The summed E-state index contributed by atoms with van der Waals surface area (Å²) in [6, 6.07) is 1.97. The zero-order valence-electron chi connectivity index (χ0n) is 15.2. The quantitative estimate of drug-likeness (QED) is 0.700. The largest absolute Gasteiger partial charge is 0.444 e. The molecular weight excluding hydrogens is 334 g/mol. The van der Waals surface area contributed by atoms with Gasteiger partial charge in [-0.2, -0.15) is 0 Å². The molecule has 4 heterocycles. The normalized spacial score (nSPS) is 16.5. The SMILES string of the molecule is CC(C)(C)OC(=O)N1CCC(n2c(=O)[nH]c3cnc4[nH]ccc4c32)CC1. The molecule has 1 aliphatic rings. The molecule has 0 unspecified atom stereocenters. The number of likely N-dealkylation sites (tertiary alicyclic amines) is 1. The zero-order valence-corrected chi connectivity index (χ0v) is 15.2. The number of aromatic nitrogens is 4. The molecule has 0 radical (unpaired) electrons. The molecular formula is C18H23N5O3. The van der Waals surface area contributed by atoms with Crippen molar-refractivity contribution < 1.29 is 9.53 Å². The van der Waals surface area contributed by atoms with Gasteiger partial charge in [0, 0.05) is 30.7 Å². The van der Waals surface area contributed by atoms with Gasteiger partial charge in [0.15, 0.2) is 0 Å². The molecule has 2 N–H and O–H groups in total. The van der Waals surface area contributed by atoms with E-state index >= 15 is 0 Å². The minimum Gasteiger partial charge on any atom is -0.444 e. The fraction of sp³-hybridized carbons (Fsp3) is 0.500. The Morgan fingerprint density at radius 3 is 2.73 bits per heavy atom. The summed E-state index contributed by atoms with van der Waals surface area (Å²) in [5.74, 6) is 0. The maximum Gasteiger partial charge on any atom is 0.410 e. The average molecular weight is 357 g/mol. The number of imidazole rings is 1. The number of hydrogen-bond donors (Lipinski definition) is 2. The van der Waals surface area contributed by atoms with E-state index in [2.05, 4.69) is 15.0 Å². The van der Waals surface area contributed by atoms with Gasteiger partial charge in [0.1, 0.15) is 11.2 Å². The Hall–Kier alpha value is -2.77. The molecule has 0 aromatic carbocycles. The van der Waals surface area contributed by atoms with Crippen molar-refractivity contribution in [2.75, 3.05) is 13.1 Å². The lowest BCUT2D eigenvalue weighted by Crippen LogP contribution is -2.43. The summed E-state index contributed by atoms with van der Waals surface area (Å²) < 4.78 is 7.26. The smallest absolute Gasteiger partial charge is 0.410 e. The first-order chi connectivity index (χ1) is 12.3. The third kappa shape index (κ3) is 2.85. The Kier molecular flexibility index (Phi) is 3.78. The van der Waals surface area contributed by atoms with E-state index in [1.165, 1.54) is 0 Å². The number of nitrogens with zero attached hydrogens (tertiary/aromatic N) is 3. The fourth-order valence-corrected chi connectivity index (χ4v) is 3.60. The van der Waals surface area contributed by atoms with Gasteiger partial charge in [-0.05, 0) is 39.7 Å². The summed E-state index contributed by atoms with van der Waals surface area (Å²) in [5, 5.41) is 0.926. The number of carbonyl (C=O) groups is 1. The molecule has 0 aliphatic carbocycles. The summed E-state index contributed by atoms with van der Waals surface area (Å²) in [5.41, 5.74) is 1.73. The van der Waals surface area contributed by atoms with Gasteiger partial charge in [-0.15, -0.1) is 0 Å². The van der Waals surface area contributed by atoms with Crippen LogP contribution in [0.4, 0.5) is 4.79 Å². The predicted octanol–water partition coefficient (Wildman–Crippen LogP) is 2.78. The molecule has 8 heteroatoms. The molecule has 0 atom stereocenters. The number of hydrogen-bond acceptors (Lipinski definition) is 4. The van der Waals surface area contributed by atoms with Crippen molar-refractivity contribution in [2.45, 2.75) is 45.3 Å². The van der Waals surface area contributed by atoms with Crippen LogP contribution in [0.1, 0.15) is 39.7 Å². The van der Waals surface area contributed by atoms with E-state index in [9.17, 15) is 9.59 Å². The number of fused-ring (bicyclic) bond motifs is 3. The van der Waals surface area contributed by atoms with Crippen molar-refractivity contribution in [1.82, 2.24) is 24.4 Å². The first-order valence-electron chi connectivity index (χ1n) is 8.88. The lowest BCUT2D eigenvalue weighted by molar-refractivity contribution is 0.0189. The molecule has 1 saturated heterocycles. The molecule has 0 spiro atoms. The Balaban J connectivity index is 1.60. The van der Waals surface area contributed by atoms with E-state index in [4.69, 9.17) is 4.74 Å². The van der Waals surface area contributed by atoms with Crippen LogP contribution in [-0.4, -0.2) is 49.2 Å². The maximum absolute atomic E-state index is 12.6. The number of rotatable bonds is 1. The maximum atomic E-state index is 12.6. The first-order valence-corrected chi connectivity index (χ1v) is 8.88. The summed E-state index contributed by atoms with van der Waals surface area (Å²) in [7, 11) is 0. The van der Waals surface area contributed by atoms with Gasteiger partial charge >= 0.3 is 11.8 Å². The molecule has 4 rings (SSSR count). The van der Waals surface area contributed by atoms with E-state index in [0.29, 0.717) is 25.9 Å². The highest BCUT2D eigenvalue weighted by atomic mass is 16.6. The number of amides is 1. The Morgan fingerprint density at radius 2 is 2.04 bits per heavy atom. The molecule has 1 aliphatic heterocycles. The molecule has 1 fully saturated rings. The number of carbonyl (C=O) groups excluding carboxylic acids is 1. The van der Waals surface area contributed by atoms with E-state index in [0.717, 1.165) is 22.1 Å². The number of ether oxygens (including phenoxy) is 1. The highest BCUT2D eigenvalue weighted by molar-refractivity contribution is 6.00. The molecule has 0 saturated carbocycles. The van der Waals surface area contributed by atoms with Gasteiger partial charge in [0.25, 0.3) is 0 Å². The topological polar surface area (TPSA) is 96.0 Å². The van der Waals surface area contributed by atoms with Gasteiger partial charge in [-0.25, -0.2) is 14.6 Å². The third-order valence-corrected chi connectivity index (χ3v) is 4.74. The summed E-state index contributed by atoms with van der Waals surface area (Å²) >= 11 is 0. The van der Waals surface area contributed by atoms with Crippen LogP contribution in [-0.2, 0) is 4.74 Å². The second-order valence-electron chi connectivity index (χ2n) is 7.76. The number of aromatic amines is 2. The summed E-state index contributed by atoms with van der Waals surface area (Å²) in [4.78, 5) is 36.8. The van der Waals surface area contributed by atoms with Crippen molar-refractivity contribution >= 4 is 28.2 Å². The van der Waals surface area contributed by atoms with Crippen molar-refractivity contribution in [3.8, 4) is 0 Å². The minimum absolute atomic E-state index is 0.0374. The molecule has 26 heavy (non-hydrogen) atoms. The van der Waals surface area contributed by atoms with Gasteiger partial charge in [0.2, 0.25) is 0 Å². The first kappa shape index (κ1) is 16.7. The average Bonchev–Trinajstić information content (AvgIpc) is 3.16. The van der Waals surface area contributed by atoms with E-state index in [-0.39, 0.29) is 17.8 Å². The van der Waals surface area contributed by atoms with Crippen molar-refractivity contribution in [3.05, 3.63) is 28.9 Å². The predicted molar refractivity (Wildman–Crippen MR) is 98.3 cm³/mol. The number of pyridine rings is 1. The van der Waals surface area contributed by atoms with Crippen LogP contribution in [0.3, 0.4) is 0 Å². The Bertz CT molecular complexity index is 1010. The van der Waals surface area contributed by atoms with Crippen LogP contribution < -0.4 is 5.69 Å². The standard InChI is InChI=1S/C18H23N5O3/c1-18(2,3)26-17(25)22-8-5-11(6-9-22)23-14-12-4-7-19-15(12)20-10-13(14)21-16(23)24/h4,7,10-11H,5-6,8-9H2,1-3H3,(H,19,20)(H,21,24). The van der Waals surface area contributed by atoms with Crippen molar-refractivity contribution in [2.24, 2.45) is 0 Å². The highest BCUT2D eigenvalue weighted by Gasteiger charge is 2.29. The van der Waals surface area contributed by atoms with Crippen LogP contribution in [0, 0.1) is 0 Å². The summed E-state index contributed by atoms with van der Waals surface area (Å²) in [6.07, 6.45) is 4.63. The molecule has 138 valence electrons. The summed E-state index contributed by atoms with van der Waals surface area (Å²) in [6.45, 7) is 6.72. The van der Waals surface area contributed by atoms with Crippen molar-refractivity contribution in [1.29, 1.82) is 0 Å². The highest BCUT2D eigenvalue weighted by Crippen LogP contribution is 2.28. The Labute approximate surface area is 150 Å². The van der Waals surface area contributed by atoms with Gasteiger partial charge in [0.05, 0.1) is 17.2 Å². The van der Waals surface area contributed by atoms with Crippen LogP contribution in [0.25, 0.3) is 22.1 Å². The van der Waals surface area contributed by atoms with Crippen LogP contribution in [0.5, 0.6) is 0 Å². The van der Waals surface area contributed by atoms with Gasteiger partial charge in [-0.1, -0.05) is 0 Å². The van der Waals surface area contributed by atoms with Crippen molar-refractivity contribution in [3.63, 3.8) is 0 Å². The number of piperidine rings is 1. The van der Waals surface area contributed by atoms with Gasteiger partial charge < -0.3 is 19.6 Å². The van der Waals surface area contributed by atoms with E-state index in [1.54, 1.807) is 11.1 Å². The second-order valence-corrected chi connectivity index (χ2v) is 7.76. The van der Waals surface area contributed by atoms with E-state index < -0.39 is 5.60 Å². The zero-order chi connectivity index (χ0) is 18.5. The molecule has 3 aromatic heterocycles. The molecule has 8 nitrogen and oxygen atoms in total. The lowest BCUT2D eigenvalue weighted by atomic mass is 10.0. The molecule has 0 bridgehead atoms. The Morgan fingerprint density at radius 1 is 1.31 bits per heavy atom. The van der Waals surface area contributed by atoms with Gasteiger partial charge in [-0.3, -0.25) is 4.57 Å². The third-order valence-electron chi connectivity index (χ3n) is 4.74. The monoisotopic (exact) mass is 357 g/mol. The van der Waals surface area contributed by atoms with Crippen LogP contribution >= 0.6 is 0 Å². The molecule has 1 amide bonds. The lowest BCUT2D eigenvalue weighted by Gasteiger charge is -2.33. The molecule has 3 aromatic rings.